The Morgan fingerprint density at radius 1 is 1.36 bits per heavy atom. The molecular formula is C19H28N4O5. The first-order chi connectivity index (χ1) is 13.3. The molecule has 28 heavy (non-hydrogen) atoms. The summed E-state index contributed by atoms with van der Waals surface area (Å²) in [5.41, 5.74) is 0.701. The summed E-state index contributed by atoms with van der Waals surface area (Å²) in [4.78, 5) is 42.9. The molecule has 0 fully saturated rings. The van der Waals surface area contributed by atoms with Crippen LogP contribution in [0.25, 0.3) is 0 Å². The number of nitrogens with zero attached hydrogens (tertiary/aromatic N) is 2. The van der Waals surface area contributed by atoms with Gasteiger partial charge in [0, 0.05) is 26.3 Å². The highest BCUT2D eigenvalue weighted by atomic mass is 16.5. The lowest BCUT2D eigenvalue weighted by Gasteiger charge is -2.30. The van der Waals surface area contributed by atoms with Gasteiger partial charge in [-0.1, -0.05) is 19.9 Å². The minimum Gasteiger partial charge on any atom is -0.480 e. The lowest BCUT2D eigenvalue weighted by molar-refractivity contribution is -0.140. The third-order valence-electron chi connectivity index (χ3n) is 4.72. The minimum atomic E-state index is -1.10. The topological polar surface area (TPSA) is 121 Å². The Labute approximate surface area is 164 Å². The highest BCUT2D eigenvalue weighted by Gasteiger charge is 2.43. The van der Waals surface area contributed by atoms with E-state index in [2.05, 4.69) is 15.6 Å². The van der Waals surface area contributed by atoms with Crippen molar-refractivity contribution >= 4 is 23.6 Å². The van der Waals surface area contributed by atoms with Crippen LogP contribution in [0.4, 0.5) is 5.82 Å². The van der Waals surface area contributed by atoms with E-state index in [0.717, 1.165) is 0 Å². The quantitative estimate of drug-likeness (QED) is 0.513. The van der Waals surface area contributed by atoms with Gasteiger partial charge in [0.15, 0.2) is 0 Å². The molecule has 0 saturated heterocycles. The summed E-state index contributed by atoms with van der Waals surface area (Å²) in [6.07, 6.45) is 1.71. The second kappa shape index (κ2) is 9.61. The van der Waals surface area contributed by atoms with Crippen LogP contribution in [0.15, 0.2) is 18.3 Å². The molecule has 0 saturated carbocycles. The maximum absolute atomic E-state index is 13.3. The van der Waals surface area contributed by atoms with Gasteiger partial charge in [-0.2, -0.15) is 0 Å². The molecule has 0 bridgehead atoms. The molecule has 2 rings (SSSR count). The van der Waals surface area contributed by atoms with Crippen LogP contribution in [0.2, 0.25) is 0 Å². The summed E-state index contributed by atoms with van der Waals surface area (Å²) in [6, 6.07) is 1.04. The zero-order valence-corrected chi connectivity index (χ0v) is 16.6. The number of nitrogens with one attached hydrogen (secondary N) is 2. The van der Waals surface area contributed by atoms with Gasteiger partial charge < -0.3 is 20.5 Å². The van der Waals surface area contributed by atoms with Crippen molar-refractivity contribution in [2.24, 2.45) is 5.92 Å². The predicted molar refractivity (Wildman–Crippen MR) is 103 cm³/mol. The van der Waals surface area contributed by atoms with Gasteiger partial charge in [-0.25, -0.2) is 9.78 Å². The van der Waals surface area contributed by atoms with E-state index in [0.29, 0.717) is 24.5 Å². The van der Waals surface area contributed by atoms with Crippen molar-refractivity contribution < 1.29 is 24.2 Å². The number of carboxylic acid groups (broad SMARTS) is 1. The van der Waals surface area contributed by atoms with Gasteiger partial charge in [-0.05, 0) is 24.5 Å². The number of methoxy groups -OCH3 is 1. The second-order valence-corrected chi connectivity index (χ2v) is 7.15. The van der Waals surface area contributed by atoms with Crippen LogP contribution in [0.1, 0.15) is 26.3 Å². The maximum atomic E-state index is 13.3. The number of fused-ring (bicyclic) bond motifs is 1. The molecule has 0 radical (unpaired) electrons. The summed E-state index contributed by atoms with van der Waals surface area (Å²) < 4.78 is 4.95. The summed E-state index contributed by atoms with van der Waals surface area (Å²) in [6.45, 7) is 6.25. The van der Waals surface area contributed by atoms with Crippen LogP contribution >= 0.6 is 0 Å². The van der Waals surface area contributed by atoms with Crippen molar-refractivity contribution in [3.05, 3.63) is 23.9 Å². The molecule has 154 valence electrons. The van der Waals surface area contributed by atoms with Crippen LogP contribution in [0.5, 0.6) is 0 Å². The number of pyridine rings is 1. The van der Waals surface area contributed by atoms with Crippen molar-refractivity contribution in [1.29, 1.82) is 0 Å². The largest absolute Gasteiger partial charge is 0.480 e. The normalized spacial score (nSPS) is 17.9. The molecule has 1 aliphatic rings. The number of hydrogen-bond acceptors (Lipinski definition) is 6. The summed E-state index contributed by atoms with van der Waals surface area (Å²) >= 11 is 0. The van der Waals surface area contributed by atoms with Gasteiger partial charge >= 0.3 is 5.97 Å². The van der Waals surface area contributed by atoms with E-state index in [4.69, 9.17) is 4.74 Å². The number of aliphatic carboxylic acids is 1. The van der Waals surface area contributed by atoms with Crippen molar-refractivity contribution in [1.82, 2.24) is 15.6 Å². The number of ether oxygens (including phenoxy) is 1. The molecule has 9 heteroatoms. The molecule has 1 aliphatic heterocycles. The standard InChI is InChI=1S/C19H28N4O5/c1-11(2)15(22-17(24)12(3)20-8-9-28-4)18(25)23-14(19(26)27)10-13-6-5-7-21-16(13)23/h5-7,11-12,14-15,20H,8-10H2,1-4H3,(H,22,24)(H,26,27)/t12-,14-,15-/m0/s1. The van der Waals surface area contributed by atoms with Crippen LogP contribution in [0.3, 0.4) is 0 Å². The number of aromatic nitrogens is 1. The molecule has 0 unspecified atom stereocenters. The minimum absolute atomic E-state index is 0.192. The molecular weight excluding hydrogens is 364 g/mol. The fourth-order valence-electron chi connectivity index (χ4n) is 3.12. The van der Waals surface area contributed by atoms with Crippen molar-refractivity contribution in [3.8, 4) is 0 Å². The molecule has 9 nitrogen and oxygen atoms in total. The second-order valence-electron chi connectivity index (χ2n) is 7.15. The van der Waals surface area contributed by atoms with E-state index in [9.17, 15) is 19.5 Å². The molecule has 2 amide bonds. The number of carbonyl (C=O) groups is 3. The van der Waals surface area contributed by atoms with Crippen LogP contribution in [-0.4, -0.2) is 66.3 Å². The molecule has 0 aliphatic carbocycles. The van der Waals surface area contributed by atoms with Crippen molar-refractivity contribution in [3.63, 3.8) is 0 Å². The molecule has 1 aromatic rings. The third kappa shape index (κ3) is 4.85. The van der Waals surface area contributed by atoms with Crippen LogP contribution in [0, 0.1) is 5.92 Å². The van der Waals surface area contributed by atoms with E-state index in [1.54, 1.807) is 40.0 Å². The Kier molecular flexibility index (Phi) is 7.47. The van der Waals surface area contributed by atoms with Gasteiger partial charge in [0.1, 0.15) is 17.9 Å². The molecule has 3 atom stereocenters. The zero-order valence-electron chi connectivity index (χ0n) is 16.6. The van der Waals surface area contributed by atoms with Gasteiger partial charge in [0.05, 0.1) is 12.6 Å². The Morgan fingerprint density at radius 3 is 2.68 bits per heavy atom. The summed E-state index contributed by atoms with van der Waals surface area (Å²) in [5.74, 6) is -1.81. The molecule has 2 heterocycles. The van der Waals surface area contributed by atoms with E-state index < -0.39 is 30.0 Å². The maximum Gasteiger partial charge on any atom is 0.327 e. The molecule has 1 aromatic heterocycles. The van der Waals surface area contributed by atoms with Gasteiger partial charge in [0.25, 0.3) is 5.91 Å². The first-order valence-electron chi connectivity index (χ1n) is 9.30. The first-order valence-corrected chi connectivity index (χ1v) is 9.30. The monoisotopic (exact) mass is 392 g/mol. The van der Waals surface area contributed by atoms with Gasteiger partial charge in [-0.15, -0.1) is 0 Å². The van der Waals surface area contributed by atoms with E-state index in [1.165, 1.54) is 11.1 Å². The fourth-order valence-corrected chi connectivity index (χ4v) is 3.12. The predicted octanol–water partition coefficient (Wildman–Crippen LogP) is 0.189. The Hall–Kier alpha value is -2.52. The third-order valence-corrected chi connectivity index (χ3v) is 4.72. The molecule has 3 N–H and O–H groups in total. The SMILES string of the molecule is COCCN[C@@H](C)C(=O)N[C@H](C(=O)N1c2ncccc2C[C@H]1C(=O)O)C(C)C. The highest BCUT2D eigenvalue weighted by Crippen LogP contribution is 2.31. The lowest BCUT2D eigenvalue weighted by Crippen LogP contribution is -2.57. The molecule has 0 spiro atoms. The lowest BCUT2D eigenvalue weighted by atomic mass is 10.0. The first kappa shape index (κ1) is 21.8. The number of hydrogen-bond donors (Lipinski definition) is 3. The number of anilines is 1. The van der Waals surface area contributed by atoms with E-state index in [1.807, 2.05) is 0 Å². The van der Waals surface area contributed by atoms with E-state index >= 15 is 0 Å². The number of amides is 2. The van der Waals surface area contributed by atoms with Crippen molar-refractivity contribution in [2.45, 2.75) is 45.3 Å². The average Bonchev–Trinajstić information content (AvgIpc) is 3.05. The fraction of sp³-hybridized carbons (Fsp3) is 0.579. The highest BCUT2D eigenvalue weighted by molar-refractivity contribution is 6.05. The van der Waals surface area contributed by atoms with E-state index in [-0.39, 0.29) is 18.2 Å². The number of carboxylic acids is 1. The Morgan fingerprint density at radius 2 is 2.07 bits per heavy atom. The smallest absolute Gasteiger partial charge is 0.327 e. The zero-order chi connectivity index (χ0) is 20.8. The Balaban J connectivity index is 2.19. The molecule has 0 aromatic carbocycles. The summed E-state index contributed by atoms with van der Waals surface area (Å²) in [7, 11) is 1.57. The summed E-state index contributed by atoms with van der Waals surface area (Å²) in [5, 5.41) is 15.4. The van der Waals surface area contributed by atoms with Crippen LogP contribution < -0.4 is 15.5 Å². The van der Waals surface area contributed by atoms with Crippen LogP contribution in [-0.2, 0) is 25.5 Å². The van der Waals surface area contributed by atoms with Gasteiger partial charge in [0.2, 0.25) is 5.91 Å². The Bertz CT molecular complexity index is 724. The van der Waals surface area contributed by atoms with Gasteiger partial charge in [-0.3, -0.25) is 14.5 Å². The van der Waals surface area contributed by atoms with Crippen molar-refractivity contribution in [2.75, 3.05) is 25.2 Å². The average molecular weight is 392 g/mol. The number of carbonyl (C=O) groups excluding carboxylic acids is 2. The number of rotatable bonds is 9.